The number of urea groups is 1. The summed E-state index contributed by atoms with van der Waals surface area (Å²) in [5.41, 5.74) is 0.795. The Balaban J connectivity index is 1.61. The van der Waals surface area contributed by atoms with E-state index in [4.69, 9.17) is 0 Å². The van der Waals surface area contributed by atoms with Crippen molar-refractivity contribution in [1.82, 2.24) is 15.2 Å². The third kappa shape index (κ3) is 3.63. The molecule has 0 bridgehead atoms. The number of amides is 3. The SMILES string of the molecule is CC1CCN(C(=O)N[C@H]2CCCN(c3cccnc3)C2=O)CC1. The molecule has 124 valence electrons. The molecule has 1 aromatic rings. The van der Waals surface area contributed by atoms with Gasteiger partial charge in [-0.1, -0.05) is 6.92 Å². The Kier molecular flexibility index (Phi) is 4.79. The molecule has 1 N–H and O–H groups in total. The van der Waals surface area contributed by atoms with Crippen molar-refractivity contribution in [3.8, 4) is 0 Å². The average Bonchev–Trinajstić information content (AvgIpc) is 2.58. The second kappa shape index (κ2) is 6.98. The van der Waals surface area contributed by atoms with Crippen LogP contribution in [-0.4, -0.2) is 47.5 Å². The van der Waals surface area contributed by atoms with Crippen molar-refractivity contribution in [3.05, 3.63) is 24.5 Å². The van der Waals surface area contributed by atoms with Gasteiger partial charge >= 0.3 is 6.03 Å². The van der Waals surface area contributed by atoms with E-state index in [0.29, 0.717) is 18.9 Å². The topological polar surface area (TPSA) is 65.5 Å². The predicted octanol–water partition coefficient (Wildman–Crippen LogP) is 2.02. The first-order valence-corrected chi connectivity index (χ1v) is 8.42. The van der Waals surface area contributed by atoms with Crippen molar-refractivity contribution in [2.45, 2.75) is 38.6 Å². The van der Waals surface area contributed by atoms with Gasteiger partial charge in [0.15, 0.2) is 0 Å². The fourth-order valence-corrected chi connectivity index (χ4v) is 3.23. The molecule has 2 aliphatic rings. The molecule has 3 amide bonds. The molecule has 0 unspecified atom stereocenters. The van der Waals surface area contributed by atoms with Crippen molar-refractivity contribution < 1.29 is 9.59 Å². The molecule has 1 atom stereocenters. The quantitative estimate of drug-likeness (QED) is 0.908. The minimum Gasteiger partial charge on any atom is -0.326 e. The summed E-state index contributed by atoms with van der Waals surface area (Å²) in [6, 6.07) is 3.15. The number of piperidine rings is 2. The fraction of sp³-hybridized carbons (Fsp3) is 0.588. The second-order valence-electron chi connectivity index (χ2n) is 6.51. The van der Waals surface area contributed by atoms with Gasteiger partial charge in [0.1, 0.15) is 6.04 Å². The zero-order chi connectivity index (χ0) is 16.2. The van der Waals surface area contributed by atoms with E-state index in [2.05, 4.69) is 17.2 Å². The van der Waals surface area contributed by atoms with E-state index in [-0.39, 0.29) is 11.9 Å². The van der Waals surface area contributed by atoms with Crippen LogP contribution < -0.4 is 10.2 Å². The first kappa shape index (κ1) is 15.8. The summed E-state index contributed by atoms with van der Waals surface area (Å²) in [7, 11) is 0. The summed E-state index contributed by atoms with van der Waals surface area (Å²) >= 11 is 0. The van der Waals surface area contributed by atoms with Gasteiger partial charge in [0, 0.05) is 25.8 Å². The highest BCUT2D eigenvalue weighted by atomic mass is 16.2. The van der Waals surface area contributed by atoms with E-state index in [0.717, 1.165) is 38.0 Å². The molecular weight excluding hydrogens is 292 g/mol. The Morgan fingerprint density at radius 3 is 2.74 bits per heavy atom. The van der Waals surface area contributed by atoms with Crippen LogP contribution in [-0.2, 0) is 4.79 Å². The van der Waals surface area contributed by atoms with Crippen molar-refractivity contribution >= 4 is 17.6 Å². The van der Waals surface area contributed by atoms with Crippen LogP contribution in [0.2, 0.25) is 0 Å². The average molecular weight is 316 g/mol. The van der Waals surface area contributed by atoms with Gasteiger partial charge in [-0.2, -0.15) is 0 Å². The lowest BCUT2D eigenvalue weighted by atomic mass is 9.99. The number of hydrogen-bond donors (Lipinski definition) is 1. The molecule has 23 heavy (non-hydrogen) atoms. The van der Waals surface area contributed by atoms with E-state index in [1.165, 1.54) is 0 Å². The van der Waals surface area contributed by atoms with Crippen LogP contribution in [0.1, 0.15) is 32.6 Å². The maximum absolute atomic E-state index is 12.7. The summed E-state index contributed by atoms with van der Waals surface area (Å²) in [5, 5.41) is 2.93. The molecule has 2 aliphatic heterocycles. The lowest BCUT2D eigenvalue weighted by Gasteiger charge is -2.35. The molecule has 6 nitrogen and oxygen atoms in total. The molecule has 3 heterocycles. The molecule has 0 saturated carbocycles. The van der Waals surface area contributed by atoms with Crippen LogP contribution in [0.25, 0.3) is 0 Å². The number of rotatable bonds is 2. The molecule has 0 aromatic carbocycles. The summed E-state index contributed by atoms with van der Waals surface area (Å²) in [5.74, 6) is 0.638. The number of nitrogens with one attached hydrogen (secondary N) is 1. The lowest BCUT2D eigenvalue weighted by molar-refractivity contribution is -0.121. The zero-order valence-electron chi connectivity index (χ0n) is 13.6. The lowest BCUT2D eigenvalue weighted by Crippen LogP contribution is -2.56. The first-order chi connectivity index (χ1) is 11.1. The van der Waals surface area contributed by atoms with Crippen LogP contribution in [0.4, 0.5) is 10.5 Å². The van der Waals surface area contributed by atoms with Crippen LogP contribution in [0, 0.1) is 5.92 Å². The summed E-state index contributed by atoms with van der Waals surface area (Å²) in [6.45, 7) is 4.45. The molecule has 6 heteroatoms. The maximum atomic E-state index is 12.7. The van der Waals surface area contributed by atoms with E-state index in [1.807, 2.05) is 17.0 Å². The highest BCUT2D eigenvalue weighted by Crippen LogP contribution is 2.21. The molecule has 1 aromatic heterocycles. The number of anilines is 1. The maximum Gasteiger partial charge on any atom is 0.318 e. The van der Waals surface area contributed by atoms with Crippen molar-refractivity contribution in [2.75, 3.05) is 24.5 Å². The molecule has 3 rings (SSSR count). The van der Waals surface area contributed by atoms with Gasteiger partial charge in [0.25, 0.3) is 0 Å². The number of carbonyl (C=O) groups is 2. The Hall–Kier alpha value is -2.11. The minimum atomic E-state index is -0.434. The first-order valence-electron chi connectivity index (χ1n) is 8.42. The monoisotopic (exact) mass is 316 g/mol. The number of pyridine rings is 1. The van der Waals surface area contributed by atoms with E-state index in [1.54, 1.807) is 17.3 Å². The third-order valence-electron chi connectivity index (χ3n) is 4.76. The van der Waals surface area contributed by atoms with Gasteiger partial charge in [-0.25, -0.2) is 4.79 Å². The van der Waals surface area contributed by atoms with Crippen LogP contribution in [0.3, 0.4) is 0 Å². The predicted molar refractivity (Wildman–Crippen MR) is 88.1 cm³/mol. The van der Waals surface area contributed by atoms with Crippen LogP contribution in [0.5, 0.6) is 0 Å². The van der Waals surface area contributed by atoms with Crippen molar-refractivity contribution in [3.63, 3.8) is 0 Å². The number of likely N-dealkylation sites (tertiary alicyclic amines) is 1. The Bertz CT molecular complexity index is 555. The third-order valence-corrected chi connectivity index (χ3v) is 4.76. The standard InChI is InChI=1S/C17H24N4O2/c1-13-6-10-20(11-7-13)17(23)19-15-5-3-9-21(16(15)22)14-4-2-8-18-12-14/h2,4,8,12-13,15H,3,5-7,9-11H2,1H3,(H,19,23)/t15-/m0/s1. The van der Waals surface area contributed by atoms with Crippen molar-refractivity contribution in [1.29, 1.82) is 0 Å². The normalized spacial score (nSPS) is 23.0. The molecule has 0 spiro atoms. The van der Waals surface area contributed by atoms with E-state index >= 15 is 0 Å². The number of carbonyl (C=O) groups excluding carboxylic acids is 2. The van der Waals surface area contributed by atoms with Crippen LogP contribution >= 0.6 is 0 Å². The van der Waals surface area contributed by atoms with Gasteiger partial charge in [0.05, 0.1) is 11.9 Å². The Labute approximate surface area is 136 Å². The molecule has 0 aliphatic carbocycles. The second-order valence-corrected chi connectivity index (χ2v) is 6.51. The van der Waals surface area contributed by atoms with E-state index < -0.39 is 6.04 Å². The fourth-order valence-electron chi connectivity index (χ4n) is 3.23. The minimum absolute atomic E-state index is 0.0389. The van der Waals surface area contributed by atoms with Gasteiger partial charge in [0.2, 0.25) is 5.91 Å². The number of hydrogen-bond acceptors (Lipinski definition) is 3. The largest absolute Gasteiger partial charge is 0.326 e. The van der Waals surface area contributed by atoms with E-state index in [9.17, 15) is 9.59 Å². The molecule has 2 saturated heterocycles. The van der Waals surface area contributed by atoms with Gasteiger partial charge < -0.3 is 15.1 Å². The highest BCUT2D eigenvalue weighted by Gasteiger charge is 2.32. The van der Waals surface area contributed by atoms with Gasteiger partial charge in [-0.15, -0.1) is 0 Å². The van der Waals surface area contributed by atoms with Crippen molar-refractivity contribution in [2.24, 2.45) is 5.92 Å². The highest BCUT2D eigenvalue weighted by molar-refractivity contribution is 5.99. The van der Waals surface area contributed by atoms with Gasteiger partial charge in [-0.3, -0.25) is 9.78 Å². The summed E-state index contributed by atoms with van der Waals surface area (Å²) in [4.78, 5) is 32.7. The number of aromatic nitrogens is 1. The Morgan fingerprint density at radius 2 is 2.04 bits per heavy atom. The van der Waals surface area contributed by atoms with Crippen LogP contribution in [0.15, 0.2) is 24.5 Å². The summed E-state index contributed by atoms with van der Waals surface area (Å²) < 4.78 is 0. The van der Waals surface area contributed by atoms with Gasteiger partial charge in [-0.05, 0) is 43.7 Å². The summed E-state index contributed by atoms with van der Waals surface area (Å²) in [6.07, 6.45) is 7.03. The number of nitrogens with zero attached hydrogens (tertiary/aromatic N) is 3. The molecule has 2 fully saturated rings. The smallest absolute Gasteiger partial charge is 0.318 e. The zero-order valence-corrected chi connectivity index (χ0v) is 13.6. The molecular formula is C17H24N4O2. The molecule has 0 radical (unpaired) electrons. The Morgan fingerprint density at radius 1 is 1.26 bits per heavy atom.